The van der Waals surface area contributed by atoms with Gasteiger partial charge in [-0.3, -0.25) is 14.5 Å². The number of carbonyl (C=O) groups excluding carboxylic acids is 1. The highest BCUT2D eigenvalue weighted by Crippen LogP contribution is 2.11. The van der Waals surface area contributed by atoms with Crippen molar-refractivity contribution in [1.29, 1.82) is 0 Å². The second-order valence-corrected chi connectivity index (χ2v) is 7.31. The molecule has 0 spiro atoms. The van der Waals surface area contributed by atoms with Crippen molar-refractivity contribution in [3.05, 3.63) is 52.3 Å². The summed E-state index contributed by atoms with van der Waals surface area (Å²) in [4.78, 5) is 18.6. The quantitative estimate of drug-likeness (QED) is 0.459. The summed E-state index contributed by atoms with van der Waals surface area (Å²) in [5.74, 6) is 0.646. The Kier molecular flexibility index (Phi) is 8.21. The molecule has 1 aromatic carbocycles. The van der Waals surface area contributed by atoms with Crippen LogP contribution in [0.25, 0.3) is 0 Å². The van der Waals surface area contributed by atoms with Gasteiger partial charge in [0, 0.05) is 57.1 Å². The SMILES string of the molecule is CN=C(NCc1cccc(C(=O)NCCN(C)C)c1)NCc1c(C)nn(C)c1C. The number of guanidine groups is 1. The fourth-order valence-electron chi connectivity index (χ4n) is 2.97. The summed E-state index contributed by atoms with van der Waals surface area (Å²) in [5, 5.41) is 14.0. The molecule has 1 heterocycles. The van der Waals surface area contributed by atoms with E-state index in [4.69, 9.17) is 0 Å². The zero-order valence-electron chi connectivity index (χ0n) is 18.3. The molecule has 0 atom stereocenters. The molecule has 2 aromatic rings. The molecule has 0 aliphatic rings. The summed E-state index contributed by atoms with van der Waals surface area (Å²) in [6, 6.07) is 7.62. The predicted molar refractivity (Wildman–Crippen MR) is 117 cm³/mol. The highest BCUT2D eigenvalue weighted by molar-refractivity contribution is 5.94. The van der Waals surface area contributed by atoms with E-state index in [2.05, 4.69) is 33.0 Å². The van der Waals surface area contributed by atoms with Gasteiger partial charge in [-0.1, -0.05) is 12.1 Å². The average Bonchev–Trinajstić information content (AvgIpc) is 2.93. The Labute approximate surface area is 173 Å². The van der Waals surface area contributed by atoms with Crippen LogP contribution >= 0.6 is 0 Å². The molecular weight excluding hydrogens is 366 g/mol. The van der Waals surface area contributed by atoms with Crippen LogP contribution in [0.2, 0.25) is 0 Å². The second-order valence-electron chi connectivity index (χ2n) is 7.31. The molecule has 3 N–H and O–H groups in total. The van der Waals surface area contributed by atoms with Crippen LogP contribution in [0.1, 0.15) is 32.9 Å². The Balaban J connectivity index is 1.90. The van der Waals surface area contributed by atoms with Crippen molar-refractivity contribution in [2.45, 2.75) is 26.9 Å². The van der Waals surface area contributed by atoms with Gasteiger partial charge in [-0.15, -0.1) is 0 Å². The van der Waals surface area contributed by atoms with E-state index in [-0.39, 0.29) is 5.91 Å². The third-order valence-electron chi connectivity index (χ3n) is 4.81. The molecule has 8 heteroatoms. The van der Waals surface area contributed by atoms with Gasteiger partial charge in [0.15, 0.2) is 5.96 Å². The van der Waals surface area contributed by atoms with Gasteiger partial charge < -0.3 is 20.9 Å². The van der Waals surface area contributed by atoms with Crippen LogP contribution in [-0.4, -0.2) is 60.8 Å². The fourth-order valence-corrected chi connectivity index (χ4v) is 2.97. The lowest BCUT2D eigenvalue weighted by Crippen LogP contribution is -2.36. The Bertz CT molecular complexity index is 855. The smallest absolute Gasteiger partial charge is 0.251 e. The summed E-state index contributed by atoms with van der Waals surface area (Å²) in [6.07, 6.45) is 0. The molecule has 1 aromatic heterocycles. The number of carbonyl (C=O) groups is 1. The highest BCUT2D eigenvalue weighted by atomic mass is 16.1. The van der Waals surface area contributed by atoms with Crippen LogP contribution < -0.4 is 16.0 Å². The summed E-state index contributed by atoms with van der Waals surface area (Å²) in [6.45, 7) is 6.73. The van der Waals surface area contributed by atoms with Gasteiger partial charge in [-0.05, 0) is 45.6 Å². The first kappa shape index (κ1) is 22.4. The Morgan fingerprint density at radius 2 is 1.90 bits per heavy atom. The zero-order valence-corrected chi connectivity index (χ0v) is 18.3. The average molecular weight is 400 g/mol. The van der Waals surface area contributed by atoms with Crippen molar-refractivity contribution in [2.75, 3.05) is 34.2 Å². The molecule has 2 rings (SSSR count). The summed E-state index contributed by atoms with van der Waals surface area (Å²) >= 11 is 0. The molecule has 0 radical (unpaired) electrons. The molecule has 158 valence electrons. The number of benzene rings is 1. The van der Waals surface area contributed by atoms with E-state index in [0.29, 0.717) is 31.2 Å². The number of aromatic nitrogens is 2. The maximum atomic E-state index is 12.3. The van der Waals surface area contributed by atoms with Gasteiger partial charge in [0.25, 0.3) is 5.91 Å². The molecule has 0 aliphatic heterocycles. The van der Waals surface area contributed by atoms with Crippen LogP contribution in [0.5, 0.6) is 0 Å². The normalized spacial score (nSPS) is 11.6. The number of rotatable bonds is 8. The van der Waals surface area contributed by atoms with E-state index in [9.17, 15) is 4.79 Å². The molecule has 0 saturated heterocycles. The van der Waals surface area contributed by atoms with Crippen molar-refractivity contribution in [3.8, 4) is 0 Å². The van der Waals surface area contributed by atoms with E-state index < -0.39 is 0 Å². The first-order chi connectivity index (χ1) is 13.8. The topological polar surface area (TPSA) is 86.6 Å². The third kappa shape index (κ3) is 6.60. The molecule has 1 amide bonds. The van der Waals surface area contributed by atoms with Gasteiger partial charge in [-0.25, -0.2) is 0 Å². The lowest BCUT2D eigenvalue weighted by Gasteiger charge is -2.13. The standard InChI is InChI=1S/C21H33N7O/c1-15-19(16(2)28(6)26-15)14-25-21(22-3)24-13-17-8-7-9-18(12-17)20(29)23-10-11-27(4)5/h7-9,12H,10-11,13-14H2,1-6H3,(H,23,29)(H2,22,24,25). The van der Waals surface area contributed by atoms with Gasteiger partial charge in [0.2, 0.25) is 0 Å². The number of nitrogens with one attached hydrogen (secondary N) is 3. The number of hydrogen-bond donors (Lipinski definition) is 3. The van der Waals surface area contributed by atoms with E-state index in [1.165, 1.54) is 5.56 Å². The number of likely N-dealkylation sites (N-methyl/N-ethyl adjacent to an activating group) is 1. The minimum absolute atomic E-state index is 0.0567. The van der Waals surface area contributed by atoms with Crippen LogP contribution in [-0.2, 0) is 20.1 Å². The molecule has 0 fully saturated rings. The van der Waals surface area contributed by atoms with Crippen LogP contribution in [0.15, 0.2) is 29.3 Å². The summed E-state index contributed by atoms with van der Waals surface area (Å²) < 4.78 is 1.89. The Morgan fingerprint density at radius 3 is 2.52 bits per heavy atom. The fraction of sp³-hybridized carbons (Fsp3) is 0.476. The van der Waals surface area contributed by atoms with Gasteiger partial charge in [0.05, 0.1) is 5.69 Å². The zero-order chi connectivity index (χ0) is 21.4. The molecule has 0 aliphatic carbocycles. The molecule has 0 bridgehead atoms. The van der Waals surface area contributed by atoms with Gasteiger partial charge in [0.1, 0.15) is 0 Å². The monoisotopic (exact) mass is 399 g/mol. The van der Waals surface area contributed by atoms with Crippen LogP contribution in [0.4, 0.5) is 0 Å². The van der Waals surface area contributed by atoms with E-state index in [1.54, 1.807) is 7.05 Å². The second kappa shape index (κ2) is 10.6. The van der Waals surface area contributed by atoms with Crippen molar-refractivity contribution in [3.63, 3.8) is 0 Å². The van der Waals surface area contributed by atoms with Crippen LogP contribution in [0.3, 0.4) is 0 Å². The maximum Gasteiger partial charge on any atom is 0.251 e. The van der Waals surface area contributed by atoms with Crippen molar-refractivity contribution in [2.24, 2.45) is 12.0 Å². The Morgan fingerprint density at radius 1 is 1.17 bits per heavy atom. The van der Waals surface area contributed by atoms with E-state index in [1.807, 2.05) is 61.9 Å². The first-order valence-corrected chi connectivity index (χ1v) is 9.77. The first-order valence-electron chi connectivity index (χ1n) is 9.77. The van der Waals surface area contributed by atoms with Gasteiger partial charge >= 0.3 is 0 Å². The van der Waals surface area contributed by atoms with Crippen molar-refractivity contribution in [1.82, 2.24) is 30.6 Å². The predicted octanol–water partition coefficient (Wildman–Crippen LogP) is 1.19. The number of aliphatic imine (C=N–C) groups is 1. The third-order valence-corrected chi connectivity index (χ3v) is 4.81. The molecule has 8 nitrogen and oxygen atoms in total. The minimum atomic E-state index is -0.0567. The van der Waals surface area contributed by atoms with Crippen LogP contribution in [0, 0.1) is 13.8 Å². The number of hydrogen-bond acceptors (Lipinski definition) is 4. The van der Waals surface area contributed by atoms with Crippen molar-refractivity contribution >= 4 is 11.9 Å². The van der Waals surface area contributed by atoms with E-state index >= 15 is 0 Å². The highest BCUT2D eigenvalue weighted by Gasteiger charge is 2.10. The number of aryl methyl sites for hydroxylation is 2. The van der Waals surface area contributed by atoms with Crippen molar-refractivity contribution < 1.29 is 4.79 Å². The molecule has 0 saturated carbocycles. The largest absolute Gasteiger partial charge is 0.352 e. The molecule has 0 unspecified atom stereocenters. The number of nitrogens with zero attached hydrogens (tertiary/aromatic N) is 4. The maximum absolute atomic E-state index is 12.3. The van der Waals surface area contributed by atoms with Gasteiger partial charge in [-0.2, -0.15) is 5.10 Å². The lowest BCUT2D eigenvalue weighted by atomic mass is 10.1. The summed E-state index contributed by atoms with van der Waals surface area (Å²) in [5.41, 5.74) is 5.00. The van der Waals surface area contributed by atoms with E-state index in [0.717, 1.165) is 23.5 Å². The molecular formula is C21H33N7O. The lowest BCUT2D eigenvalue weighted by molar-refractivity contribution is 0.0951. The summed E-state index contributed by atoms with van der Waals surface area (Å²) in [7, 11) is 7.65. The molecule has 29 heavy (non-hydrogen) atoms. The number of amides is 1. The Hall–Kier alpha value is -2.87. The minimum Gasteiger partial charge on any atom is -0.352 e.